The van der Waals surface area contributed by atoms with E-state index in [4.69, 9.17) is 0 Å². The number of aliphatic hydroxyl groups is 1. The van der Waals surface area contributed by atoms with E-state index in [0.717, 1.165) is 51.4 Å². The second kappa shape index (κ2) is 11.1. The summed E-state index contributed by atoms with van der Waals surface area (Å²) in [5.74, 6) is 1.91. The topological polar surface area (TPSA) is 54.4 Å². The maximum Gasteiger partial charge on any atom is 0.417 e. The fraction of sp³-hybridized carbons (Fsp3) is 0.829. The molecule has 4 saturated carbocycles. The van der Waals surface area contributed by atoms with Gasteiger partial charge in [-0.1, -0.05) is 52.8 Å². The molecule has 0 heterocycles. The molecular formula is C35H53F3O3S. The Bertz CT molecular complexity index is 1210. The summed E-state index contributed by atoms with van der Waals surface area (Å²) in [4.78, 5) is 0.426. The molecule has 0 amide bonds. The van der Waals surface area contributed by atoms with E-state index in [9.17, 15) is 26.7 Å². The molecule has 1 N–H and O–H groups in total. The van der Waals surface area contributed by atoms with Crippen LogP contribution in [0, 0.1) is 45.8 Å². The van der Waals surface area contributed by atoms with Crippen molar-refractivity contribution in [2.75, 3.05) is 0 Å². The molecule has 7 unspecified atom stereocenters. The van der Waals surface area contributed by atoms with Crippen LogP contribution < -0.4 is 0 Å². The minimum absolute atomic E-state index is 0.0666. The first-order valence-corrected chi connectivity index (χ1v) is 18.0. The Morgan fingerprint density at radius 3 is 2.19 bits per heavy atom. The van der Waals surface area contributed by atoms with Gasteiger partial charge in [-0.25, -0.2) is 8.42 Å². The van der Waals surface area contributed by atoms with Crippen molar-refractivity contribution >= 4 is 9.84 Å². The summed E-state index contributed by atoms with van der Waals surface area (Å²) in [6.45, 7) is 11.2. The van der Waals surface area contributed by atoms with Gasteiger partial charge < -0.3 is 5.11 Å². The summed E-state index contributed by atoms with van der Waals surface area (Å²) in [7, 11) is -3.43. The second-order valence-corrected chi connectivity index (χ2v) is 18.6. The van der Waals surface area contributed by atoms with Gasteiger partial charge in [-0.15, -0.1) is 0 Å². The summed E-state index contributed by atoms with van der Waals surface area (Å²) in [6, 6.07) is 8.92. The minimum Gasteiger partial charge on any atom is -0.380 e. The molecule has 1 aromatic rings. The number of fused-ring (bicyclic) bond motifs is 5. The quantitative estimate of drug-likeness (QED) is 0.335. The molecular weight excluding hydrogens is 557 g/mol. The molecule has 238 valence electrons. The van der Waals surface area contributed by atoms with Crippen LogP contribution >= 0.6 is 0 Å². The van der Waals surface area contributed by atoms with Gasteiger partial charge in [-0.3, -0.25) is 0 Å². The molecule has 0 radical (unpaired) electrons. The van der Waals surface area contributed by atoms with Crippen LogP contribution in [0.4, 0.5) is 13.2 Å². The van der Waals surface area contributed by atoms with Crippen LogP contribution in [0.1, 0.15) is 118 Å². The molecule has 4 fully saturated rings. The zero-order valence-corrected chi connectivity index (χ0v) is 27.2. The third-order valence-electron chi connectivity index (χ3n) is 13.0. The van der Waals surface area contributed by atoms with Crippen LogP contribution in [-0.2, 0) is 9.84 Å². The van der Waals surface area contributed by atoms with E-state index >= 15 is 0 Å². The van der Waals surface area contributed by atoms with Crippen LogP contribution in [-0.4, -0.2) is 30.6 Å². The van der Waals surface area contributed by atoms with Crippen molar-refractivity contribution in [2.45, 2.75) is 140 Å². The maximum atomic E-state index is 13.8. The molecule has 0 bridgehead atoms. The van der Waals surface area contributed by atoms with Crippen molar-refractivity contribution in [2.24, 2.45) is 45.8 Å². The van der Waals surface area contributed by atoms with Crippen molar-refractivity contribution in [3.8, 4) is 0 Å². The molecule has 0 saturated heterocycles. The number of hydrogen-bond donors (Lipinski definition) is 1. The highest BCUT2D eigenvalue weighted by atomic mass is 32.2. The molecule has 4 aliphatic rings. The summed E-state index contributed by atoms with van der Waals surface area (Å²) in [5.41, 5.74) is -2.44. The van der Waals surface area contributed by atoms with Crippen molar-refractivity contribution in [1.82, 2.24) is 0 Å². The van der Waals surface area contributed by atoms with Crippen LogP contribution in [0.15, 0.2) is 35.2 Å². The number of alkyl halides is 3. The van der Waals surface area contributed by atoms with Crippen molar-refractivity contribution in [1.29, 1.82) is 0 Å². The SMILES string of the molecule is CC(C)(C)CCC(CC[C@@H]1CCC2C3CCC4C[C@](O)(C(F)(F)F)CCC4(C)C3CCC21C)S(=O)(=O)c1ccccc1. The monoisotopic (exact) mass is 610 g/mol. The molecule has 5 rings (SSSR count). The molecule has 3 nitrogen and oxygen atoms in total. The molecule has 1 aromatic carbocycles. The van der Waals surface area contributed by atoms with Crippen molar-refractivity contribution in [3.63, 3.8) is 0 Å². The Labute approximate surface area is 252 Å². The van der Waals surface area contributed by atoms with Crippen LogP contribution in [0.2, 0.25) is 0 Å². The third-order valence-corrected chi connectivity index (χ3v) is 15.3. The average Bonchev–Trinajstić information content (AvgIpc) is 3.24. The number of benzene rings is 1. The fourth-order valence-electron chi connectivity index (χ4n) is 10.3. The van der Waals surface area contributed by atoms with E-state index < -0.39 is 21.6 Å². The highest BCUT2D eigenvalue weighted by Gasteiger charge is 2.65. The van der Waals surface area contributed by atoms with Gasteiger partial charge in [-0.2, -0.15) is 13.2 Å². The van der Waals surface area contributed by atoms with Crippen molar-refractivity contribution < 1.29 is 26.7 Å². The highest BCUT2D eigenvalue weighted by molar-refractivity contribution is 7.92. The van der Waals surface area contributed by atoms with Gasteiger partial charge in [0.1, 0.15) is 0 Å². The zero-order valence-electron chi connectivity index (χ0n) is 26.3. The van der Waals surface area contributed by atoms with Gasteiger partial charge in [0.25, 0.3) is 0 Å². The first-order valence-electron chi connectivity index (χ1n) is 16.5. The van der Waals surface area contributed by atoms with E-state index in [-0.39, 0.29) is 40.3 Å². The first-order chi connectivity index (χ1) is 19.4. The normalized spacial score (nSPS) is 39.7. The Kier molecular flexibility index (Phi) is 8.52. The Balaban J connectivity index is 1.30. The van der Waals surface area contributed by atoms with Crippen LogP contribution in [0.25, 0.3) is 0 Å². The highest BCUT2D eigenvalue weighted by Crippen LogP contribution is 2.69. The second-order valence-electron chi connectivity index (χ2n) is 16.4. The van der Waals surface area contributed by atoms with E-state index in [1.807, 2.05) is 6.07 Å². The number of sulfone groups is 1. The Hall–Kier alpha value is -1.08. The lowest BCUT2D eigenvalue weighted by atomic mass is 9.43. The molecule has 7 heteroatoms. The summed E-state index contributed by atoms with van der Waals surface area (Å²) in [6.07, 6.45) is 4.83. The smallest absolute Gasteiger partial charge is 0.380 e. The maximum absolute atomic E-state index is 13.8. The van der Waals surface area contributed by atoms with Gasteiger partial charge in [0, 0.05) is 0 Å². The molecule has 0 aliphatic heterocycles. The lowest BCUT2D eigenvalue weighted by Crippen LogP contribution is -2.59. The number of halogens is 3. The van der Waals surface area contributed by atoms with E-state index in [2.05, 4.69) is 34.6 Å². The van der Waals surface area contributed by atoms with Gasteiger partial charge in [-0.05, 0) is 141 Å². The van der Waals surface area contributed by atoms with Crippen molar-refractivity contribution in [3.05, 3.63) is 30.3 Å². The number of rotatable bonds is 7. The third kappa shape index (κ3) is 5.72. The molecule has 0 spiro atoms. The lowest BCUT2D eigenvalue weighted by molar-refractivity contribution is -0.290. The van der Waals surface area contributed by atoms with Gasteiger partial charge in [0.2, 0.25) is 0 Å². The molecule has 4 aliphatic carbocycles. The van der Waals surface area contributed by atoms with Crippen LogP contribution in [0.5, 0.6) is 0 Å². The van der Waals surface area contributed by atoms with Crippen LogP contribution in [0.3, 0.4) is 0 Å². The van der Waals surface area contributed by atoms with Gasteiger partial charge in [0.05, 0.1) is 10.1 Å². The fourth-order valence-corrected chi connectivity index (χ4v) is 12.1. The average molecular weight is 611 g/mol. The first kappa shape index (κ1) is 32.3. The molecule has 9 atom stereocenters. The Morgan fingerprint density at radius 2 is 1.55 bits per heavy atom. The van der Waals surface area contributed by atoms with E-state index in [1.165, 1.54) is 0 Å². The Morgan fingerprint density at radius 1 is 0.881 bits per heavy atom. The summed E-state index contributed by atoms with van der Waals surface area (Å²) < 4.78 is 68.8. The largest absolute Gasteiger partial charge is 0.417 e. The standard InChI is InChI=1S/C35H53F3O3S/c1-31(2,3)19-17-27(42(40,41)26-9-7-6-8-10-26)14-11-24-13-16-29-28-15-12-25-23-34(39,35(36,37)38)22-21-33(25,5)30(28)18-20-32(24,29)4/h6-10,24-25,27-30,39H,11-23H2,1-5H3/t24-,25?,27?,28?,29?,30?,32?,33?,34+/m1/s1. The minimum atomic E-state index is -4.56. The predicted octanol–water partition coefficient (Wildman–Crippen LogP) is 9.39. The van der Waals surface area contributed by atoms with Gasteiger partial charge >= 0.3 is 6.18 Å². The molecule has 0 aromatic heterocycles. The summed E-state index contributed by atoms with van der Waals surface area (Å²) in [5, 5.41) is 10.1. The predicted molar refractivity (Wildman–Crippen MR) is 162 cm³/mol. The van der Waals surface area contributed by atoms with E-state index in [1.54, 1.807) is 24.3 Å². The lowest BCUT2D eigenvalue weighted by Gasteiger charge is -2.62. The van der Waals surface area contributed by atoms with E-state index in [0.29, 0.717) is 47.8 Å². The zero-order chi connectivity index (χ0) is 30.8. The summed E-state index contributed by atoms with van der Waals surface area (Å²) >= 11 is 0. The number of hydrogen-bond acceptors (Lipinski definition) is 3. The molecule has 42 heavy (non-hydrogen) atoms. The van der Waals surface area contributed by atoms with Gasteiger partial charge in [0.15, 0.2) is 15.4 Å².